The number of rotatable bonds is 2. The summed E-state index contributed by atoms with van der Waals surface area (Å²) < 4.78 is 0. The average molecular weight is 154 g/mol. The molecule has 0 unspecified atom stereocenters. The number of amidine groups is 1. The molecule has 0 radical (unpaired) electrons. The van der Waals surface area contributed by atoms with E-state index < -0.39 is 5.97 Å². The molecule has 11 heavy (non-hydrogen) atoms. The third-order valence-corrected chi connectivity index (χ3v) is 1.14. The molecule has 0 aliphatic heterocycles. The number of aromatic carboxylic acids is 1. The van der Waals surface area contributed by atoms with Crippen LogP contribution in [0.25, 0.3) is 0 Å². The van der Waals surface area contributed by atoms with Gasteiger partial charge in [-0.25, -0.2) is 4.79 Å². The fraction of sp³-hybridized carbons (Fsp3) is 0. The summed E-state index contributed by atoms with van der Waals surface area (Å²) in [6, 6.07) is 0. The van der Waals surface area contributed by atoms with Crippen LogP contribution in [0.1, 0.15) is 16.1 Å². The van der Waals surface area contributed by atoms with Crippen molar-refractivity contribution in [3.63, 3.8) is 0 Å². The largest absolute Gasteiger partial charge is 0.478 e. The Bertz CT molecular complexity index is 275. The monoisotopic (exact) mass is 154 g/mol. The molecule has 1 rings (SSSR count). The topological polar surface area (TPSA) is 116 Å². The van der Waals surface area contributed by atoms with Gasteiger partial charge in [-0.1, -0.05) is 0 Å². The Hall–Kier alpha value is -1.85. The van der Waals surface area contributed by atoms with E-state index in [2.05, 4.69) is 10.2 Å². The molecular weight excluding hydrogens is 148 g/mol. The zero-order valence-electron chi connectivity index (χ0n) is 5.46. The van der Waals surface area contributed by atoms with Crippen molar-refractivity contribution in [2.45, 2.75) is 0 Å². The molecule has 6 heteroatoms. The van der Waals surface area contributed by atoms with Gasteiger partial charge in [0.15, 0.2) is 0 Å². The van der Waals surface area contributed by atoms with E-state index in [1.165, 1.54) is 0 Å². The van der Waals surface area contributed by atoms with Crippen molar-refractivity contribution in [2.24, 2.45) is 5.73 Å². The van der Waals surface area contributed by atoms with Gasteiger partial charge in [0.1, 0.15) is 17.1 Å². The summed E-state index contributed by atoms with van der Waals surface area (Å²) >= 11 is 0. The molecule has 0 spiro atoms. The highest BCUT2D eigenvalue weighted by Crippen LogP contribution is 2.02. The van der Waals surface area contributed by atoms with E-state index in [-0.39, 0.29) is 17.1 Å². The summed E-state index contributed by atoms with van der Waals surface area (Å²) in [5.74, 6) is -1.48. The first-order valence-electron chi connectivity index (χ1n) is 2.74. The van der Waals surface area contributed by atoms with Gasteiger partial charge in [0.2, 0.25) is 0 Å². The molecule has 0 aliphatic rings. The third kappa shape index (κ3) is 1.18. The van der Waals surface area contributed by atoms with Crippen LogP contribution in [-0.2, 0) is 0 Å². The second kappa shape index (κ2) is 2.41. The van der Waals surface area contributed by atoms with Gasteiger partial charge < -0.3 is 10.8 Å². The molecule has 1 heterocycles. The Labute approximate surface area is 61.5 Å². The van der Waals surface area contributed by atoms with Crippen molar-refractivity contribution < 1.29 is 9.90 Å². The number of hydrogen-bond donors (Lipinski definition) is 4. The standard InChI is InChI=1S/C5H6N4O2/c6-4(7)3-2(5(10)11)1-8-9-3/h1H,(H3,6,7)(H,8,9)(H,10,11). The van der Waals surface area contributed by atoms with E-state index in [9.17, 15) is 4.79 Å². The van der Waals surface area contributed by atoms with Crippen LogP contribution in [0.3, 0.4) is 0 Å². The van der Waals surface area contributed by atoms with E-state index in [4.69, 9.17) is 16.2 Å². The van der Waals surface area contributed by atoms with E-state index >= 15 is 0 Å². The molecule has 0 aromatic carbocycles. The van der Waals surface area contributed by atoms with Crippen LogP contribution in [0.5, 0.6) is 0 Å². The lowest BCUT2D eigenvalue weighted by molar-refractivity contribution is 0.0696. The summed E-state index contributed by atoms with van der Waals surface area (Å²) in [6.07, 6.45) is 1.11. The molecule has 5 N–H and O–H groups in total. The maximum absolute atomic E-state index is 10.4. The fourth-order valence-corrected chi connectivity index (χ4v) is 0.654. The van der Waals surface area contributed by atoms with Crippen LogP contribution in [0.4, 0.5) is 0 Å². The quantitative estimate of drug-likeness (QED) is 0.336. The Kier molecular flexibility index (Phi) is 1.59. The summed E-state index contributed by atoms with van der Waals surface area (Å²) in [5, 5.41) is 21.2. The highest BCUT2D eigenvalue weighted by Gasteiger charge is 2.13. The van der Waals surface area contributed by atoms with Gasteiger partial charge in [0, 0.05) is 0 Å². The molecule has 0 saturated heterocycles. The fourth-order valence-electron chi connectivity index (χ4n) is 0.654. The number of hydrogen-bond acceptors (Lipinski definition) is 3. The van der Waals surface area contributed by atoms with Crippen molar-refractivity contribution in [1.29, 1.82) is 5.41 Å². The van der Waals surface area contributed by atoms with Crippen LogP contribution in [-0.4, -0.2) is 27.1 Å². The van der Waals surface area contributed by atoms with Crippen molar-refractivity contribution in [2.75, 3.05) is 0 Å². The molecule has 0 fully saturated rings. The molecule has 1 aromatic rings. The third-order valence-electron chi connectivity index (χ3n) is 1.14. The van der Waals surface area contributed by atoms with Crippen LogP contribution >= 0.6 is 0 Å². The molecule has 0 atom stereocenters. The van der Waals surface area contributed by atoms with Crippen molar-refractivity contribution in [3.05, 3.63) is 17.5 Å². The number of nitrogens with zero attached hydrogens (tertiary/aromatic N) is 1. The highest BCUT2D eigenvalue weighted by atomic mass is 16.4. The van der Waals surface area contributed by atoms with Crippen molar-refractivity contribution in [1.82, 2.24) is 10.2 Å². The molecule has 0 aliphatic carbocycles. The SMILES string of the molecule is N=C(N)c1[nH]ncc1C(=O)O. The zero-order chi connectivity index (χ0) is 8.43. The maximum atomic E-state index is 10.4. The van der Waals surface area contributed by atoms with Crippen LogP contribution in [0.2, 0.25) is 0 Å². The molecule has 0 saturated carbocycles. The number of H-pyrrole nitrogens is 1. The molecule has 58 valence electrons. The first kappa shape index (κ1) is 7.26. The van der Waals surface area contributed by atoms with Gasteiger partial charge >= 0.3 is 5.97 Å². The molecule has 1 aromatic heterocycles. The van der Waals surface area contributed by atoms with Crippen LogP contribution < -0.4 is 5.73 Å². The predicted molar refractivity (Wildman–Crippen MR) is 36.6 cm³/mol. The maximum Gasteiger partial charge on any atom is 0.339 e. The number of aromatic nitrogens is 2. The highest BCUT2D eigenvalue weighted by molar-refractivity contribution is 6.03. The Morgan fingerprint density at radius 1 is 1.82 bits per heavy atom. The van der Waals surface area contributed by atoms with E-state index in [0.29, 0.717) is 0 Å². The lowest BCUT2D eigenvalue weighted by Crippen LogP contribution is -2.15. The number of nitrogens with two attached hydrogens (primary N) is 1. The number of carboxylic acid groups (broad SMARTS) is 1. The first-order chi connectivity index (χ1) is 5.13. The van der Waals surface area contributed by atoms with Gasteiger partial charge in [0.25, 0.3) is 0 Å². The number of carbonyl (C=O) groups is 1. The minimum Gasteiger partial charge on any atom is -0.478 e. The van der Waals surface area contributed by atoms with Gasteiger partial charge in [0.05, 0.1) is 6.20 Å². The first-order valence-corrected chi connectivity index (χ1v) is 2.74. The van der Waals surface area contributed by atoms with Gasteiger partial charge in [-0.2, -0.15) is 5.10 Å². The normalized spacial score (nSPS) is 9.45. The number of nitrogens with one attached hydrogen (secondary N) is 2. The average Bonchev–Trinajstić information content (AvgIpc) is 2.32. The van der Waals surface area contributed by atoms with Gasteiger partial charge in [-0.3, -0.25) is 10.5 Å². The summed E-state index contributed by atoms with van der Waals surface area (Å²) in [7, 11) is 0. The molecule has 0 bridgehead atoms. The summed E-state index contributed by atoms with van der Waals surface area (Å²) in [5.41, 5.74) is 5.00. The second-order valence-electron chi connectivity index (χ2n) is 1.88. The number of aromatic amines is 1. The second-order valence-corrected chi connectivity index (χ2v) is 1.88. The van der Waals surface area contributed by atoms with Crippen LogP contribution in [0.15, 0.2) is 6.20 Å². The molecular formula is C5H6N4O2. The number of carboxylic acids is 1. The van der Waals surface area contributed by atoms with Crippen LogP contribution in [0, 0.1) is 5.41 Å². The minimum atomic E-state index is -1.15. The lowest BCUT2D eigenvalue weighted by atomic mass is 10.2. The smallest absolute Gasteiger partial charge is 0.339 e. The van der Waals surface area contributed by atoms with Crippen molar-refractivity contribution >= 4 is 11.8 Å². The minimum absolute atomic E-state index is 0.0394. The Balaban J connectivity index is 3.16. The Morgan fingerprint density at radius 3 is 2.82 bits per heavy atom. The van der Waals surface area contributed by atoms with E-state index in [0.717, 1.165) is 6.20 Å². The summed E-state index contributed by atoms with van der Waals surface area (Å²) in [6.45, 7) is 0. The number of nitrogen functional groups attached to an aromatic ring is 1. The lowest BCUT2D eigenvalue weighted by Gasteiger charge is -1.92. The van der Waals surface area contributed by atoms with Gasteiger partial charge in [-0.05, 0) is 0 Å². The predicted octanol–water partition coefficient (Wildman–Crippen LogP) is -0.608. The van der Waals surface area contributed by atoms with E-state index in [1.807, 2.05) is 0 Å². The van der Waals surface area contributed by atoms with E-state index in [1.54, 1.807) is 0 Å². The van der Waals surface area contributed by atoms with Gasteiger partial charge in [-0.15, -0.1) is 0 Å². The molecule has 6 nitrogen and oxygen atoms in total. The molecule has 0 amide bonds. The Morgan fingerprint density at radius 2 is 2.45 bits per heavy atom. The van der Waals surface area contributed by atoms with Crippen molar-refractivity contribution in [3.8, 4) is 0 Å². The summed E-state index contributed by atoms with van der Waals surface area (Å²) in [4.78, 5) is 10.4. The zero-order valence-corrected chi connectivity index (χ0v) is 5.46.